The first-order valence-electron chi connectivity index (χ1n) is 7.66. The number of anilines is 1. The number of hydrogen-bond acceptors (Lipinski definition) is 4. The predicted octanol–water partition coefficient (Wildman–Crippen LogP) is 2.36. The molecular weight excluding hydrogens is 236 g/mol. The average Bonchev–Trinajstić information content (AvgIpc) is 3.30. The molecule has 19 heavy (non-hydrogen) atoms. The molecule has 3 rings (SSSR count). The van der Waals surface area contributed by atoms with Crippen LogP contribution in [0.4, 0.5) is 5.82 Å². The highest BCUT2D eigenvalue weighted by molar-refractivity contribution is 5.41. The van der Waals surface area contributed by atoms with Gasteiger partial charge >= 0.3 is 0 Å². The highest BCUT2D eigenvalue weighted by atomic mass is 15.3. The molecule has 2 aliphatic carbocycles. The third-order valence-electron chi connectivity index (χ3n) is 3.87. The molecule has 0 amide bonds. The molecule has 4 nitrogen and oxygen atoms in total. The van der Waals surface area contributed by atoms with Crippen molar-refractivity contribution in [2.75, 3.05) is 18.0 Å². The summed E-state index contributed by atoms with van der Waals surface area (Å²) in [6.07, 6.45) is 6.61. The second kappa shape index (κ2) is 5.87. The molecule has 2 saturated carbocycles. The monoisotopic (exact) mass is 260 g/mol. The highest BCUT2D eigenvalue weighted by Gasteiger charge is 2.34. The lowest BCUT2D eigenvalue weighted by molar-refractivity contribution is 0.651. The molecule has 1 aromatic heterocycles. The Kier molecular flexibility index (Phi) is 3.97. The van der Waals surface area contributed by atoms with Gasteiger partial charge in [0.05, 0.1) is 5.69 Å². The van der Waals surface area contributed by atoms with E-state index in [1.165, 1.54) is 32.2 Å². The van der Waals surface area contributed by atoms with Crippen molar-refractivity contribution in [3.8, 4) is 0 Å². The van der Waals surface area contributed by atoms with E-state index in [9.17, 15) is 0 Å². The van der Waals surface area contributed by atoms with Gasteiger partial charge in [-0.25, -0.2) is 0 Å². The molecule has 1 N–H and O–H groups in total. The topological polar surface area (TPSA) is 41.0 Å². The number of rotatable bonds is 8. The number of hydrogen-bond donors (Lipinski definition) is 1. The second-order valence-corrected chi connectivity index (χ2v) is 5.89. The van der Waals surface area contributed by atoms with Gasteiger partial charge in [0.25, 0.3) is 0 Å². The van der Waals surface area contributed by atoms with Crippen molar-refractivity contribution < 1.29 is 0 Å². The van der Waals surface area contributed by atoms with E-state index in [1.807, 2.05) is 0 Å². The van der Waals surface area contributed by atoms with E-state index >= 15 is 0 Å². The number of nitrogens with zero attached hydrogens (tertiary/aromatic N) is 3. The Bertz CT molecular complexity index is 395. The van der Waals surface area contributed by atoms with E-state index < -0.39 is 0 Å². The number of nitrogens with one attached hydrogen (secondary N) is 1. The Balaban J connectivity index is 1.59. The molecule has 0 aliphatic heterocycles. The molecule has 0 spiro atoms. The van der Waals surface area contributed by atoms with Crippen molar-refractivity contribution in [3.63, 3.8) is 0 Å². The van der Waals surface area contributed by atoms with Crippen molar-refractivity contribution in [1.82, 2.24) is 15.5 Å². The van der Waals surface area contributed by atoms with E-state index in [2.05, 4.69) is 39.5 Å². The molecule has 0 bridgehead atoms. The van der Waals surface area contributed by atoms with Crippen LogP contribution in [0.3, 0.4) is 0 Å². The molecule has 4 heteroatoms. The summed E-state index contributed by atoms with van der Waals surface area (Å²) >= 11 is 0. The Labute approximate surface area is 115 Å². The van der Waals surface area contributed by atoms with Gasteiger partial charge in [0, 0.05) is 19.1 Å². The zero-order valence-electron chi connectivity index (χ0n) is 11.8. The molecule has 0 saturated heterocycles. The lowest BCUT2D eigenvalue weighted by Crippen LogP contribution is -2.29. The summed E-state index contributed by atoms with van der Waals surface area (Å²) in [5.74, 6) is 1.99. The predicted molar refractivity (Wildman–Crippen MR) is 77.1 cm³/mol. The van der Waals surface area contributed by atoms with E-state index in [1.54, 1.807) is 0 Å². The van der Waals surface area contributed by atoms with Crippen LogP contribution in [0.1, 0.15) is 44.7 Å². The fraction of sp³-hybridized carbons (Fsp3) is 0.733. The largest absolute Gasteiger partial charge is 0.352 e. The van der Waals surface area contributed by atoms with Crippen LogP contribution in [0.25, 0.3) is 0 Å². The lowest BCUT2D eigenvalue weighted by Gasteiger charge is -2.22. The Morgan fingerprint density at radius 2 is 2.05 bits per heavy atom. The second-order valence-electron chi connectivity index (χ2n) is 5.89. The highest BCUT2D eigenvalue weighted by Crippen LogP contribution is 2.36. The molecule has 2 aliphatic rings. The van der Waals surface area contributed by atoms with Crippen molar-refractivity contribution in [2.24, 2.45) is 5.92 Å². The zero-order chi connectivity index (χ0) is 13.1. The van der Waals surface area contributed by atoms with Crippen LogP contribution in [0.5, 0.6) is 0 Å². The quantitative estimate of drug-likeness (QED) is 0.729. The lowest BCUT2D eigenvalue weighted by atomic mass is 10.3. The molecule has 2 fully saturated rings. The first-order chi connectivity index (χ1) is 9.36. The minimum Gasteiger partial charge on any atom is -0.352 e. The van der Waals surface area contributed by atoms with Crippen molar-refractivity contribution in [2.45, 2.75) is 51.6 Å². The molecule has 1 heterocycles. The first-order valence-corrected chi connectivity index (χ1v) is 7.66. The average molecular weight is 260 g/mol. The zero-order valence-corrected chi connectivity index (χ0v) is 11.8. The third kappa shape index (κ3) is 3.66. The molecule has 0 atom stereocenters. The van der Waals surface area contributed by atoms with E-state index in [0.717, 1.165) is 43.0 Å². The van der Waals surface area contributed by atoms with Crippen molar-refractivity contribution >= 4 is 5.82 Å². The fourth-order valence-corrected chi connectivity index (χ4v) is 2.39. The SMILES string of the molecule is CCCNCc1ccc(N(CC2CC2)C2CC2)nn1. The Morgan fingerprint density at radius 3 is 2.63 bits per heavy atom. The van der Waals surface area contributed by atoms with E-state index in [0.29, 0.717) is 0 Å². The van der Waals surface area contributed by atoms with E-state index in [4.69, 9.17) is 0 Å². The summed E-state index contributed by atoms with van der Waals surface area (Å²) in [5, 5.41) is 12.2. The van der Waals surface area contributed by atoms with Crippen LogP contribution < -0.4 is 10.2 Å². The molecular formula is C15H24N4. The maximum Gasteiger partial charge on any atom is 0.151 e. The maximum atomic E-state index is 4.44. The van der Waals surface area contributed by atoms with Gasteiger partial charge in [0.15, 0.2) is 5.82 Å². The molecule has 1 aromatic rings. The van der Waals surface area contributed by atoms with Crippen molar-refractivity contribution in [1.29, 1.82) is 0 Å². The third-order valence-corrected chi connectivity index (χ3v) is 3.87. The van der Waals surface area contributed by atoms with Crippen LogP contribution >= 0.6 is 0 Å². The standard InChI is InChI=1S/C15H24N4/c1-2-9-16-10-13-5-8-15(18-17-13)19(14-6-7-14)11-12-3-4-12/h5,8,12,14,16H,2-4,6-7,9-11H2,1H3. The van der Waals surface area contributed by atoms with Crippen LogP contribution in [0.15, 0.2) is 12.1 Å². The van der Waals surface area contributed by atoms with Gasteiger partial charge in [-0.2, -0.15) is 5.10 Å². The molecule has 0 unspecified atom stereocenters. The minimum atomic E-state index is 0.735. The van der Waals surface area contributed by atoms with Crippen LogP contribution in [0.2, 0.25) is 0 Å². The Morgan fingerprint density at radius 1 is 1.21 bits per heavy atom. The molecule has 0 aromatic carbocycles. The van der Waals surface area contributed by atoms with Gasteiger partial charge in [-0.1, -0.05) is 6.92 Å². The summed E-state index contributed by atoms with van der Waals surface area (Å²) < 4.78 is 0. The number of aromatic nitrogens is 2. The summed E-state index contributed by atoms with van der Waals surface area (Å²) in [4.78, 5) is 2.48. The van der Waals surface area contributed by atoms with Crippen LogP contribution in [0, 0.1) is 5.92 Å². The summed E-state index contributed by atoms with van der Waals surface area (Å²) in [5.41, 5.74) is 1.04. The Hall–Kier alpha value is -1.16. The minimum absolute atomic E-state index is 0.735. The van der Waals surface area contributed by atoms with Crippen LogP contribution in [-0.2, 0) is 6.54 Å². The first kappa shape index (κ1) is 12.9. The van der Waals surface area contributed by atoms with E-state index in [-0.39, 0.29) is 0 Å². The fourth-order valence-electron chi connectivity index (χ4n) is 2.39. The van der Waals surface area contributed by atoms with Crippen LogP contribution in [-0.4, -0.2) is 29.3 Å². The maximum absolute atomic E-state index is 4.44. The molecule has 104 valence electrons. The smallest absolute Gasteiger partial charge is 0.151 e. The van der Waals surface area contributed by atoms with Crippen molar-refractivity contribution in [3.05, 3.63) is 17.8 Å². The normalized spacial score (nSPS) is 18.6. The van der Waals surface area contributed by atoms with Gasteiger partial charge in [-0.15, -0.1) is 5.10 Å². The van der Waals surface area contributed by atoms with Gasteiger partial charge < -0.3 is 10.2 Å². The summed E-state index contributed by atoms with van der Waals surface area (Å²) in [6, 6.07) is 5.00. The van der Waals surface area contributed by atoms with Gasteiger partial charge in [-0.05, 0) is 56.7 Å². The summed E-state index contributed by atoms with van der Waals surface area (Å²) in [7, 11) is 0. The summed E-state index contributed by atoms with van der Waals surface area (Å²) in [6.45, 7) is 5.23. The van der Waals surface area contributed by atoms with Gasteiger partial charge in [-0.3, -0.25) is 0 Å². The molecule has 0 radical (unpaired) electrons. The van der Waals surface area contributed by atoms with Gasteiger partial charge in [0.1, 0.15) is 0 Å². The van der Waals surface area contributed by atoms with Gasteiger partial charge in [0.2, 0.25) is 0 Å².